The number of hydrogen-bond acceptors (Lipinski definition) is 3. The van der Waals surface area contributed by atoms with Crippen LogP contribution in [0.3, 0.4) is 0 Å². The van der Waals surface area contributed by atoms with E-state index in [9.17, 15) is 4.79 Å². The van der Waals surface area contributed by atoms with Crippen molar-refractivity contribution in [2.45, 2.75) is 6.92 Å². The maximum Gasteiger partial charge on any atom is 0.161 e. The molecule has 0 bridgehead atoms. The van der Waals surface area contributed by atoms with Gasteiger partial charge in [0.2, 0.25) is 0 Å². The van der Waals surface area contributed by atoms with Crippen molar-refractivity contribution in [3.63, 3.8) is 0 Å². The molecule has 0 saturated heterocycles. The average molecular weight is 282 g/mol. The molecule has 3 heteroatoms. The van der Waals surface area contributed by atoms with Gasteiger partial charge in [-0.05, 0) is 36.8 Å². The molecule has 0 radical (unpaired) electrons. The molecule has 0 spiro atoms. The Morgan fingerprint density at radius 1 is 1.10 bits per heavy atom. The van der Waals surface area contributed by atoms with Crippen molar-refractivity contribution in [3.05, 3.63) is 65.7 Å². The Morgan fingerprint density at radius 3 is 2.52 bits per heavy atom. The van der Waals surface area contributed by atoms with Gasteiger partial charge in [-0.3, -0.25) is 4.79 Å². The van der Waals surface area contributed by atoms with E-state index in [1.165, 1.54) is 6.92 Å². The number of carbonyl (C=O) groups excluding carboxylic acids is 1. The number of hydrogen-bond donors (Lipinski definition) is 0. The lowest BCUT2D eigenvalue weighted by Crippen LogP contribution is -1.99. The zero-order valence-electron chi connectivity index (χ0n) is 12.2. The van der Waals surface area contributed by atoms with Crippen LogP contribution in [0.2, 0.25) is 0 Å². The maximum absolute atomic E-state index is 11.3. The fourth-order valence-electron chi connectivity index (χ4n) is 1.89. The normalized spacial score (nSPS) is 10.6. The standard InChI is InChI=1S/C18H18O3/c1-14(19)16-10-11-17(18(13-16)20-2)21-12-6-9-15-7-4-3-5-8-15/h3-11,13H,12H2,1-2H3. The molecule has 2 rings (SSSR count). The molecule has 0 aliphatic heterocycles. The number of ether oxygens (including phenoxy) is 2. The highest BCUT2D eigenvalue weighted by atomic mass is 16.5. The first-order valence-electron chi connectivity index (χ1n) is 6.74. The van der Waals surface area contributed by atoms with Gasteiger partial charge in [0.05, 0.1) is 7.11 Å². The maximum atomic E-state index is 11.3. The largest absolute Gasteiger partial charge is 0.493 e. The van der Waals surface area contributed by atoms with Crippen LogP contribution in [0.1, 0.15) is 22.8 Å². The Labute approximate surface area is 124 Å². The minimum absolute atomic E-state index is 0.00354. The van der Waals surface area contributed by atoms with Gasteiger partial charge in [-0.15, -0.1) is 0 Å². The van der Waals surface area contributed by atoms with Gasteiger partial charge in [0.15, 0.2) is 17.3 Å². The molecule has 2 aromatic rings. The average Bonchev–Trinajstić information content (AvgIpc) is 2.52. The SMILES string of the molecule is COc1cc(C(C)=O)ccc1OCC=Cc1ccccc1. The van der Waals surface area contributed by atoms with Crippen LogP contribution in [0.4, 0.5) is 0 Å². The van der Waals surface area contributed by atoms with Crippen molar-refractivity contribution in [2.24, 2.45) is 0 Å². The van der Waals surface area contributed by atoms with Crippen LogP contribution >= 0.6 is 0 Å². The number of Topliss-reactive ketones (excluding diaryl/α,β-unsaturated/α-hetero) is 1. The quantitative estimate of drug-likeness (QED) is 0.751. The van der Waals surface area contributed by atoms with Crippen molar-refractivity contribution < 1.29 is 14.3 Å². The summed E-state index contributed by atoms with van der Waals surface area (Å²) in [5.74, 6) is 1.19. The Bertz CT molecular complexity index is 630. The predicted octanol–water partition coefficient (Wildman–Crippen LogP) is 3.99. The lowest BCUT2D eigenvalue weighted by molar-refractivity contribution is 0.101. The summed E-state index contributed by atoms with van der Waals surface area (Å²) in [5, 5.41) is 0. The van der Waals surface area contributed by atoms with Crippen molar-refractivity contribution >= 4 is 11.9 Å². The van der Waals surface area contributed by atoms with Crippen molar-refractivity contribution in [2.75, 3.05) is 13.7 Å². The summed E-state index contributed by atoms with van der Waals surface area (Å²) in [6.07, 6.45) is 3.93. The van der Waals surface area contributed by atoms with Gasteiger partial charge in [-0.2, -0.15) is 0 Å². The molecule has 0 fully saturated rings. The lowest BCUT2D eigenvalue weighted by atomic mass is 10.1. The van der Waals surface area contributed by atoms with E-state index in [2.05, 4.69) is 0 Å². The summed E-state index contributed by atoms with van der Waals surface area (Å²) in [6.45, 7) is 1.96. The smallest absolute Gasteiger partial charge is 0.161 e. The number of carbonyl (C=O) groups is 1. The second-order valence-electron chi connectivity index (χ2n) is 4.55. The summed E-state index contributed by atoms with van der Waals surface area (Å²) < 4.78 is 10.9. The summed E-state index contributed by atoms with van der Waals surface area (Å²) in [5.41, 5.74) is 1.74. The van der Waals surface area contributed by atoms with Gasteiger partial charge in [0.25, 0.3) is 0 Å². The minimum atomic E-state index is 0.00354. The second kappa shape index (κ2) is 7.29. The molecule has 0 unspecified atom stereocenters. The predicted molar refractivity (Wildman–Crippen MR) is 84.0 cm³/mol. The van der Waals surface area contributed by atoms with Crippen LogP contribution in [-0.2, 0) is 0 Å². The van der Waals surface area contributed by atoms with Gasteiger partial charge in [0, 0.05) is 5.56 Å². The highest BCUT2D eigenvalue weighted by molar-refractivity contribution is 5.94. The van der Waals surface area contributed by atoms with Crippen LogP contribution in [0, 0.1) is 0 Å². The van der Waals surface area contributed by atoms with E-state index in [-0.39, 0.29) is 5.78 Å². The Morgan fingerprint density at radius 2 is 1.86 bits per heavy atom. The summed E-state index contributed by atoms with van der Waals surface area (Å²) in [7, 11) is 1.56. The van der Waals surface area contributed by atoms with Crippen LogP contribution < -0.4 is 9.47 Å². The van der Waals surface area contributed by atoms with E-state index in [0.717, 1.165) is 5.56 Å². The minimum Gasteiger partial charge on any atom is -0.493 e. The first kappa shape index (κ1) is 14.9. The molecular weight excluding hydrogens is 264 g/mol. The third-order valence-electron chi connectivity index (χ3n) is 3.02. The molecule has 0 aromatic heterocycles. The zero-order chi connectivity index (χ0) is 15.1. The van der Waals surface area contributed by atoms with Gasteiger partial charge >= 0.3 is 0 Å². The fraction of sp³-hybridized carbons (Fsp3) is 0.167. The third kappa shape index (κ3) is 4.21. The van der Waals surface area contributed by atoms with E-state index in [1.807, 2.05) is 42.5 Å². The highest BCUT2D eigenvalue weighted by Gasteiger charge is 2.07. The number of ketones is 1. The monoisotopic (exact) mass is 282 g/mol. The molecule has 0 saturated carbocycles. The number of benzene rings is 2. The third-order valence-corrected chi connectivity index (χ3v) is 3.02. The lowest BCUT2D eigenvalue weighted by Gasteiger charge is -2.10. The molecule has 3 nitrogen and oxygen atoms in total. The highest BCUT2D eigenvalue weighted by Crippen LogP contribution is 2.28. The number of methoxy groups -OCH3 is 1. The van der Waals surface area contributed by atoms with E-state index < -0.39 is 0 Å². The summed E-state index contributed by atoms with van der Waals surface area (Å²) >= 11 is 0. The summed E-state index contributed by atoms with van der Waals surface area (Å²) in [4.78, 5) is 11.3. The van der Waals surface area contributed by atoms with Gasteiger partial charge in [-0.25, -0.2) is 0 Å². The van der Waals surface area contributed by atoms with Gasteiger partial charge in [0.1, 0.15) is 6.61 Å². The summed E-state index contributed by atoms with van der Waals surface area (Å²) in [6, 6.07) is 15.2. The first-order chi connectivity index (χ1) is 10.2. The molecule has 108 valence electrons. The van der Waals surface area contributed by atoms with Crippen LogP contribution in [0.15, 0.2) is 54.6 Å². The second-order valence-corrected chi connectivity index (χ2v) is 4.55. The van der Waals surface area contributed by atoms with Crippen molar-refractivity contribution in [1.82, 2.24) is 0 Å². The molecule has 21 heavy (non-hydrogen) atoms. The molecule has 0 N–H and O–H groups in total. The van der Waals surface area contributed by atoms with E-state index in [1.54, 1.807) is 25.3 Å². The Balaban J connectivity index is 2.00. The Kier molecular flexibility index (Phi) is 5.16. The van der Waals surface area contributed by atoms with Gasteiger partial charge in [-0.1, -0.05) is 36.4 Å². The number of rotatable bonds is 6. The Hall–Kier alpha value is -2.55. The van der Waals surface area contributed by atoms with E-state index >= 15 is 0 Å². The molecule has 0 heterocycles. The molecule has 0 atom stereocenters. The van der Waals surface area contributed by atoms with E-state index in [4.69, 9.17) is 9.47 Å². The van der Waals surface area contributed by atoms with Gasteiger partial charge < -0.3 is 9.47 Å². The first-order valence-corrected chi connectivity index (χ1v) is 6.74. The fourth-order valence-corrected chi connectivity index (χ4v) is 1.89. The molecular formula is C18H18O3. The van der Waals surface area contributed by atoms with Crippen molar-refractivity contribution in [3.8, 4) is 11.5 Å². The molecule has 2 aromatic carbocycles. The molecule has 0 aliphatic rings. The molecule has 0 aliphatic carbocycles. The van der Waals surface area contributed by atoms with Crippen LogP contribution in [0.25, 0.3) is 6.08 Å². The van der Waals surface area contributed by atoms with Crippen LogP contribution in [-0.4, -0.2) is 19.5 Å². The zero-order valence-corrected chi connectivity index (χ0v) is 12.2. The topological polar surface area (TPSA) is 35.5 Å². The van der Waals surface area contributed by atoms with Crippen molar-refractivity contribution in [1.29, 1.82) is 0 Å². The molecule has 0 amide bonds. The van der Waals surface area contributed by atoms with Crippen LogP contribution in [0.5, 0.6) is 11.5 Å². The van der Waals surface area contributed by atoms with E-state index in [0.29, 0.717) is 23.7 Å².